The number of nitrogens with one attached hydrogen (secondary N) is 3. The van der Waals surface area contributed by atoms with Gasteiger partial charge in [0.05, 0.1) is 16.3 Å². The first-order valence-corrected chi connectivity index (χ1v) is 8.03. The number of para-hydroxylation sites is 1. The Kier molecular flexibility index (Phi) is 5.22. The fourth-order valence-corrected chi connectivity index (χ4v) is 2.43. The average Bonchev–Trinajstić information content (AvgIpc) is 2.64. The van der Waals surface area contributed by atoms with Crippen molar-refractivity contribution < 1.29 is 13.2 Å². The molecule has 0 radical (unpaired) electrons. The lowest BCUT2D eigenvalue weighted by atomic mass is 10.2. The van der Waals surface area contributed by atoms with Crippen LogP contribution in [0.5, 0.6) is 0 Å². The highest BCUT2D eigenvalue weighted by Gasteiger charge is 2.33. The van der Waals surface area contributed by atoms with E-state index < -0.39 is 16.8 Å². The van der Waals surface area contributed by atoms with E-state index in [2.05, 4.69) is 26.1 Å². The number of hydrogen-bond acceptors (Lipinski definition) is 6. The van der Waals surface area contributed by atoms with Gasteiger partial charge >= 0.3 is 6.18 Å². The van der Waals surface area contributed by atoms with Crippen LogP contribution in [0.15, 0.2) is 54.9 Å². The van der Waals surface area contributed by atoms with E-state index in [0.29, 0.717) is 0 Å². The number of alkyl halides is 3. The lowest BCUT2D eigenvalue weighted by Gasteiger charge is -2.15. The van der Waals surface area contributed by atoms with Gasteiger partial charge in [0.15, 0.2) is 11.6 Å². The molecule has 1 aromatic heterocycles. The number of nitrogen functional groups attached to an aromatic ring is 1. The molecule has 0 bridgehead atoms. The first-order valence-electron chi connectivity index (χ1n) is 7.66. The highest BCUT2D eigenvalue weighted by atomic mass is 35.5. The predicted molar refractivity (Wildman–Crippen MR) is 99.9 cm³/mol. The quantitative estimate of drug-likeness (QED) is 0.460. The van der Waals surface area contributed by atoms with Crippen LogP contribution < -0.4 is 21.9 Å². The van der Waals surface area contributed by atoms with Gasteiger partial charge < -0.3 is 11.1 Å². The number of nitrogens with zero attached hydrogens (tertiary/aromatic N) is 2. The number of anilines is 5. The van der Waals surface area contributed by atoms with E-state index in [0.717, 1.165) is 17.8 Å². The summed E-state index contributed by atoms with van der Waals surface area (Å²) in [4.78, 5) is 7.99. The Labute approximate surface area is 157 Å². The monoisotopic (exact) mass is 394 g/mol. The largest absolute Gasteiger partial charge is 0.417 e. The molecule has 0 aliphatic rings. The Morgan fingerprint density at radius 1 is 0.889 bits per heavy atom. The molecule has 10 heteroatoms. The molecule has 140 valence electrons. The van der Waals surface area contributed by atoms with Crippen LogP contribution in [-0.2, 0) is 6.18 Å². The van der Waals surface area contributed by atoms with Gasteiger partial charge in [-0.3, -0.25) is 10.9 Å². The number of halogens is 4. The molecule has 0 amide bonds. The van der Waals surface area contributed by atoms with Crippen molar-refractivity contribution in [1.82, 2.24) is 9.97 Å². The average molecular weight is 395 g/mol. The molecule has 0 spiro atoms. The predicted octanol–water partition coefficient (Wildman–Crippen LogP) is 4.91. The summed E-state index contributed by atoms with van der Waals surface area (Å²) in [5.74, 6) is 0.416. The highest BCUT2D eigenvalue weighted by molar-refractivity contribution is 6.31. The maximum absolute atomic E-state index is 13.0. The van der Waals surface area contributed by atoms with Crippen molar-refractivity contribution in [2.75, 3.05) is 21.9 Å². The SMILES string of the molecule is Nc1c(NNc2ccccc2)ncnc1Nc1ccc(Cl)c(C(F)(F)F)c1. The molecule has 0 unspecified atom stereocenters. The highest BCUT2D eigenvalue weighted by Crippen LogP contribution is 2.37. The normalized spacial score (nSPS) is 11.1. The van der Waals surface area contributed by atoms with Crippen LogP contribution in [0.1, 0.15) is 5.56 Å². The summed E-state index contributed by atoms with van der Waals surface area (Å²) in [5.41, 5.74) is 11.8. The van der Waals surface area contributed by atoms with Crippen molar-refractivity contribution >= 4 is 40.3 Å². The number of hydrazine groups is 1. The van der Waals surface area contributed by atoms with Crippen LogP contribution in [0.25, 0.3) is 0 Å². The molecule has 0 saturated carbocycles. The fourth-order valence-electron chi connectivity index (χ4n) is 2.20. The Morgan fingerprint density at radius 2 is 1.59 bits per heavy atom. The number of aromatic nitrogens is 2. The van der Waals surface area contributed by atoms with Crippen LogP contribution in [0.4, 0.5) is 41.9 Å². The summed E-state index contributed by atoms with van der Waals surface area (Å²) in [6.45, 7) is 0. The van der Waals surface area contributed by atoms with Crippen LogP contribution in [0, 0.1) is 0 Å². The Balaban J connectivity index is 1.80. The molecular weight excluding hydrogens is 381 g/mol. The molecule has 0 aliphatic carbocycles. The minimum Gasteiger partial charge on any atom is -0.393 e. The molecule has 5 N–H and O–H groups in total. The third-order valence-electron chi connectivity index (χ3n) is 3.52. The van der Waals surface area contributed by atoms with Gasteiger partial charge in [-0.15, -0.1) is 0 Å². The van der Waals surface area contributed by atoms with E-state index in [4.69, 9.17) is 17.3 Å². The van der Waals surface area contributed by atoms with Crippen LogP contribution in [0.2, 0.25) is 5.02 Å². The van der Waals surface area contributed by atoms with Gasteiger partial charge in [0.1, 0.15) is 12.0 Å². The maximum Gasteiger partial charge on any atom is 0.417 e. The van der Waals surface area contributed by atoms with Gasteiger partial charge in [0, 0.05) is 5.69 Å². The van der Waals surface area contributed by atoms with Gasteiger partial charge in [-0.25, -0.2) is 9.97 Å². The zero-order valence-electron chi connectivity index (χ0n) is 13.7. The number of nitrogens with two attached hydrogens (primary N) is 1. The van der Waals surface area contributed by atoms with E-state index in [1.165, 1.54) is 12.4 Å². The van der Waals surface area contributed by atoms with Crippen LogP contribution in [0.3, 0.4) is 0 Å². The van der Waals surface area contributed by atoms with E-state index in [1.54, 1.807) is 0 Å². The third kappa shape index (κ3) is 4.50. The second-order valence-electron chi connectivity index (χ2n) is 5.42. The topological polar surface area (TPSA) is 87.9 Å². The molecule has 1 heterocycles. The summed E-state index contributed by atoms with van der Waals surface area (Å²) >= 11 is 5.62. The molecule has 0 fully saturated rings. The van der Waals surface area contributed by atoms with Crippen molar-refractivity contribution in [3.63, 3.8) is 0 Å². The van der Waals surface area contributed by atoms with Gasteiger partial charge in [-0.2, -0.15) is 13.2 Å². The lowest BCUT2D eigenvalue weighted by Crippen LogP contribution is -2.13. The maximum atomic E-state index is 13.0. The molecule has 0 aliphatic heterocycles. The lowest BCUT2D eigenvalue weighted by molar-refractivity contribution is -0.137. The second-order valence-corrected chi connectivity index (χ2v) is 5.83. The first kappa shape index (κ1) is 18.6. The Bertz CT molecular complexity index is 934. The molecule has 0 saturated heterocycles. The minimum absolute atomic E-state index is 0.129. The molecule has 6 nitrogen and oxygen atoms in total. The van der Waals surface area contributed by atoms with Crippen LogP contribution >= 0.6 is 11.6 Å². The van der Waals surface area contributed by atoms with Crippen molar-refractivity contribution in [3.8, 4) is 0 Å². The van der Waals surface area contributed by atoms with Crippen molar-refractivity contribution in [1.29, 1.82) is 0 Å². The summed E-state index contributed by atoms with van der Waals surface area (Å²) < 4.78 is 39.0. The minimum atomic E-state index is -4.57. The smallest absolute Gasteiger partial charge is 0.393 e. The summed E-state index contributed by atoms with van der Waals surface area (Å²) in [5, 5.41) is 2.36. The second kappa shape index (κ2) is 7.58. The zero-order valence-corrected chi connectivity index (χ0v) is 14.4. The van der Waals surface area contributed by atoms with E-state index in [1.807, 2.05) is 30.3 Å². The van der Waals surface area contributed by atoms with E-state index in [9.17, 15) is 13.2 Å². The van der Waals surface area contributed by atoms with Crippen LogP contribution in [-0.4, -0.2) is 9.97 Å². The van der Waals surface area contributed by atoms with Gasteiger partial charge in [0.2, 0.25) is 0 Å². The summed E-state index contributed by atoms with van der Waals surface area (Å²) in [7, 11) is 0. The molecule has 27 heavy (non-hydrogen) atoms. The van der Waals surface area contributed by atoms with Gasteiger partial charge in [-0.1, -0.05) is 29.8 Å². The molecule has 0 atom stereocenters. The van der Waals surface area contributed by atoms with Gasteiger partial charge in [-0.05, 0) is 30.3 Å². The third-order valence-corrected chi connectivity index (χ3v) is 3.85. The van der Waals surface area contributed by atoms with Gasteiger partial charge in [0.25, 0.3) is 0 Å². The zero-order chi connectivity index (χ0) is 19.4. The Morgan fingerprint density at radius 3 is 2.30 bits per heavy atom. The van der Waals surface area contributed by atoms with Crippen molar-refractivity contribution in [2.24, 2.45) is 0 Å². The number of rotatable bonds is 5. The van der Waals surface area contributed by atoms with Crippen molar-refractivity contribution in [2.45, 2.75) is 6.18 Å². The summed E-state index contributed by atoms with van der Waals surface area (Å²) in [6.07, 6.45) is -3.34. The molecule has 3 rings (SSSR count). The fraction of sp³-hybridized carbons (Fsp3) is 0.0588. The first-order chi connectivity index (χ1) is 12.8. The number of hydrogen-bond donors (Lipinski definition) is 4. The van der Waals surface area contributed by atoms with Crippen molar-refractivity contribution in [3.05, 3.63) is 65.4 Å². The van der Waals surface area contributed by atoms with E-state index >= 15 is 0 Å². The molecular formula is C17H14ClF3N6. The number of benzene rings is 2. The molecule has 3 aromatic rings. The summed E-state index contributed by atoms with van der Waals surface area (Å²) in [6, 6.07) is 12.7. The Hall–Kier alpha value is -3.20. The van der Waals surface area contributed by atoms with E-state index in [-0.39, 0.29) is 23.0 Å². The molecule has 2 aromatic carbocycles. The standard InChI is InChI=1S/C17H14ClF3N6/c18-13-7-6-11(8-12(13)17(19,20)21)25-15-14(22)16(24-9-23-15)27-26-10-4-2-1-3-5-10/h1-9,26H,22H2,(H2,23,24,25,27).